The molecule has 1 atom stereocenters. The van der Waals surface area contributed by atoms with Gasteiger partial charge >= 0.3 is 8.25 Å². The van der Waals surface area contributed by atoms with Crippen LogP contribution in [0.2, 0.25) is 0 Å². The van der Waals surface area contributed by atoms with Crippen LogP contribution >= 0.6 is 24.2 Å². The number of hydrogen-bond donors (Lipinski definition) is 1. The summed E-state index contributed by atoms with van der Waals surface area (Å²) in [7, 11) is -2.51. The Bertz CT molecular complexity index is 327. The van der Waals surface area contributed by atoms with Gasteiger partial charge in [0.15, 0.2) is 0 Å². The minimum Gasteiger partial charge on any atom is -0.133 e. The van der Waals surface area contributed by atoms with E-state index in [0.717, 1.165) is 15.6 Å². The van der Waals surface area contributed by atoms with E-state index in [9.17, 15) is 4.57 Å². The number of halogens is 1. The van der Waals surface area contributed by atoms with Crippen LogP contribution in [0.5, 0.6) is 0 Å². The third-order valence-electron chi connectivity index (χ3n) is 1.64. The highest BCUT2D eigenvalue weighted by Gasteiger charge is 2.12. The molecule has 0 aliphatic rings. The van der Waals surface area contributed by atoms with Gasteiger partial charge in [-0.25, -0.2) is 0 Å². The van der Waals surface area contributed by atoms with Gasteiger partial charge in [0.2, 0.25) is 0 Å². The van der Waals surface area contributed by atoms with Gasteiger partial charge in [-0.15, -0.1) is 9.42 Å². The van der Waals surface area contributed by atoms with Gasteiger partial charge in [0.1, 0.15) is 6.61 Å². The molecule has 0 heterocycles. The molecule has 70 valence electrons. The van der Waals surface area contributed by atoms with Crippen molar-refractivity contribution in [2.75, 3.05) is 0 Å². The maximum atomic E-state index is 10.3. The Morgan fingerprint density at radius 2 is 2.31 bits per heavy atom. The Hall–Kier alpha value is -0.280. The molecule has 1 N–H and O–H groups in total. The molecule has 1 aromatic carbocycles. The highest BCUT2D eigenvalue weighted by atomic mass is 79.9. The fourth-order valence-electron chi connectivity index (χ4n) is 0.946. The predicted molar refractivity (Wildman–Crippen MR) is 53.5 cm³/mol. The number of aryl methyl sites for hydroxylation is 1. The fourth-order valence-corrected chi connectivity index (χ4v) is 1.67. The summed E-state index contributed by atoms with van der Waals surface area (Å²) in [5.41, 5.74) is 1.95. The van der Waals surface area contributed by atoms with E-state index in [4.69, 9.17) is 4.89 Å². The molecule has 13 heavy (non-hydrogen) atoms. The zero-order valence-electron chi connectivity index (χ0n) is 7.03. The lowest BCUT2D eigenvalue weighted by Gasteiger charge is -2.01. The predicted octanol–water partition coefficient (Wildman–Crippen LogP) is 2.92. The van der Waals surface area contributed by atoms with Gasteiger partial charge in [-0.05, 0) is 30.2 Å². The van der Waals surface area contributed by atoms with Gasteiger partial charge in [-0.2, -0.15) is 0 Å². The van der Waals surface area contributed by atoms with Crippen molar-refractivity contribution in [1.82, 2.24) is 0 Å². The smallest absolute Gasteiger partial charge is 0.133 e. The molecular weight excluding hydrogens is 255 g/mol. The van der Waals surface area contributed by atoms with Crippen LogP contribution in [-0.2, 0) is 15.7 Å². The van der Waals surface area contributed by atoms with E-state index in [1.54, 1.807) is 0 Å². The average molecular weight is 264 g/mol. The van der Waals surface area contributed by atoms with E-state index in [0.29, 0.717) is 0 Å². The molecule has 0 aliphatic carbocycles. The largest absolute Gasteiger partial charge is 0.695 e. The first-order chi connectivity index (χ1) is 6.09. The van der Waals surface area contributed by atoms with Crippen molar-refractivity contribution < 1.29 is 14.0 Å². The van der Waals surface area contributed by atoms with Gasteiger partial charge in [0.25, 0.3) is 0 Å². The maximum Gasteiger partial charge on any atom is 0.695 e. The quantitative estimate of drug-likeness (QED) is 0.854. The number of benzene rings is 1. The first-order valence-electron chi connectivity index (χ1n) is 3.63. The lowest BCUT2D eigenvalue weighted by atomic mass is 10.1. The molecule has 0 fully saturated rings. The summed E-state index contributed by atoms with van der Waals surface area (Å²) in [6.07, 6.45) is 0. The molecule has 0 saturated heterocycles. The second-order valence-electron chi connectivity index (χ2n) is 2.58. The minimum absolute atomic E-state index is 0.171. The van der Waals surface area contributed by atoms with E-state index < -0.39 is 8.25 Å². The topological polar surface area (TPSA) is 46.5 Å². The van der Waals surface area contributed by atoms with E-state index in [1.807, 2.05) is 25.1 Å². The van der Waals surface area contributed by atoms with Crippen LogP contribution in [0, 0.1) is 6.92 Å². The molecular formula is C8H9BrO3P+. The molecule has 0 radical (unpaired) electrons. The van der Waals surface area contributed by atoms with Gasteiger partial charge < -0.3 is 0 Å². The third kappa shape index (κ3) is 3.53. The lowest BCUT2D eigenvalue weighted by molar-refractivity contribution is 0.272. The zero-order chi connectivity index (χ0) is 9.84. The highest BCUT2D eigenvalue weighted by molar-refractivity contribution is 9.10. The first-order valence-corrected chi connectivity index (χ1v) is 5.56. The van der Waals surface area contributed by atoms with Crippen LogP contribution in [0.15, 0.2) is 22.7 Å². The van der Waals surface area contributed by atoms with Crippen LogP contribution in [0.3, 0.4) is 0 Å². The molecule has 1 aromatic rings. The van der Waals surface area contributed by atoms with E-state index in [1.165, 1.54) is 0 Å². The van der Waals surface area contributed by atoms with Gasteiger partial charge in [0.05, 0.1) is 0 Å². The second-order valence-corrected chi connectivity index (χ2v) is 4.23. The van der Waals surface area contributed by atoms with Crippen LogP contribution in [0.4, 0.5) is 0 Å². The molecule has 0 amide bonds. The lowest BCUT2D eigenvalue weighted by Crippen LogP contribution is -1.89. The van der Waals surface area contributed by atoms with Gasteiger partial charge in [-0.3, -0.25) is 0 Å². The number of rotatable bonds is 3. The Morgan fingerprint density at radius 1 is 1.62 bits per heavy atom. The molecule has 0 saturated carbocycles. The SMILES string of the molecule is Cc1cc(Br)ccc1CO[P+](=O)O. The highest BCUT2D eigenvalue weighted by Crippen LogP contribution is 2.21. The summed E-state index contributed by atoms with van der Waals surface area (Å²) in [5, 5.41) is 0. The Labute approximate surface area is 85.8 Å². The summed E-state index contributed by atoms with van der Waals surface area (Å²) in [4.78, 5) is 8.44. The van der Waals surface area contributed by atoms with Crippen molar-refractivity contribution in [3.8, 4) is 0 Å². The van der Waals surface area contributed by atoms with Crippen LogP contribution in [-0.4, -0.2) is 4.89 Å². The molecule has 1 unspecified atom stereocenters. The first kappa shape index (κ1) is 10.8. The van der Waals surface area contributed by atoms with E-state index >= 15 is 0 Å². The number of hydrogen-bond acceptors (Lipinski definition) is 2. The molecule has 1 rings (SSSR count). The summed E-state index contributed by atoms with van der Waals surface area (Å²) < 4.78 is 15.9. The molecule has 0 spiro atoms. The summed E-state index contributed by atoms with van der Waals surface area (Å²) in [6, 6.07) is 5.66. The van der Waals surface area contributed by atoms with Crippen LogP contribution in [0.1, 0.15) is 11.1 Å². The molecule has 0 aliphatic heterocycles. The van der Waals surface area contributed by atoms with Gasteiger partial charge in [0, 0.05) is 9.04 Å². The van der Waals surface area contributed by atoms with Crippen molar-refractivity contribution in [2.24, 2.45) is 0 Å². The minimum atomic E-state index is -2.51. The standard InChI is InChI=1S/C8H8BrO3P/c1-6-4-8(9)3-2-7(6)5-12-13(10)11/h2-4H,5H2,1H3/p+1. The molecule has 5 heteroatoms. The Balaban J connectivity index is 2.72. The van der Waals surface area contributed by atoms with E-state index in [-0.39, 0.29) is 6.61 Å². The summed E-state index contributed by atoms with van der Waals surface area (Å²) >= 11 is 3.33. The monoisotopic (exact) mass is 263 g/mol. The Kier molecular flexibility index (Phi) is 4.00. The van der Waals surface area contributed by atoms with Crippen molar-refractivity contribution in [1.29, 1.82) is 0 Å². The van der Waals surface area contributed by atoms with Crippen molar-refractivity contribution in [2.45, 2.75) is 13.5 Å². The van der Waals surface area contributed by atoms with Gasteiger partial charge in [-0.1, -0.05) is 22.0 Å². The van der Waals surface area contributed by atoms with Crippen molar-refractivity contribution in [3.05, 3.63) is 33.8 Å². The van der Waals surface area contributed by atoms with Crippen LogP contribution < -0.4 is 0 Å². The summed E-state index contributed by atoms with van der Waals surface area (Å²) in [6.45, 7) is 2.10. The zero-order valence-corrected chi connectivity index (χ0v) is 9.51. The average Bonchev–Trinajstić information content (AvgIpc) is 2.02. The summed E-state index contributed by atoms with van der Waals surface area (Å²) in [5.74, 6) is 0. The fraction of sp³-hybridized carbons (Fsp3) is 0.250. The second kappa shape index (κ2) is 4.82. The maximum absolute atomic E-state index is 10.3. The molecule has 0 aromatic heterocycles. The van der Waals surface area contributed by atoms with Crippen molar-refractivity contribution >= 4 is 24.2 Å². The third-order valence-corrected chi connectivity index (χ3v) is 2.48. The normalized spacial score (nSPS) is 11.5. The van der Waals surface area contributed by atoms with Crippen molar-refractivity contribution in [3.63, 3.8) is 0 Å². The molecule has 0 bridgehead atoms. The van der Waals surface area contributed by atoms with Crippen LogP contribution in [0.25, 0.3) is 0 Å². The van der Waals surface area contributed by atoms with E-state index in [2.05, 4.69) is 20.5 Å². The molecule has 3 nitrogen and oxygen atoms in total. The Morgan fingerprint density at radius 3 is 2.85 bits per heavy atom.